The van der Waals surface area contributed by atoms with Gasteiger partial charge in [0.25, 0.3) is 0 Å². The van der Waals surface area contributed by atoms with Gasteiger partial charge in [-0.3, -0.25) is 4.98 Å². The van der Waals surface area contributed by atoms with Crippen LogP contribution in [0.15, 0.2) is 103 Å². The predicted octanol–water partition coefficient (Wildman–Crippen LogP) is 4.70. The van der Waals surface area contributed by atoms with E-state index in [0.29, 0.717) is 17.3 Å². The molecule has 0 radical (unpaired) electrons. The van der Waals surface area contributed by atoms with Gasteiger partial charge in [-0.15, -0.1) is 0 Å². The van der Waals surface area contributed by atoms with Gasteiger partial charge in [0.15, 0.2) is 0 Å². The number of nitriles is 1. The van der Waals surface area contributed by atoms with Crippen molar-refractivity contribution in [2.75, 3.05) is 0 Å². The molecule has 1 aliphatic rings. The molecule has 0 amide bonds. The van der Waals surface area contributed by atoms with Crippen molar-refractivity contribution >= 4 is 11.0 Å². The second-order valence-electron chi connectivity index (χ2n) is 7.89. The van der Waals surface area contributed by atoms with Crippen LogP contribution in [0.5, 0.6) is 5.88 Å². The molecule has 7 nitrogen and oxygen atoms in total. The number of para-hydroxylation sites is 3. The van der Waals surface area contributed by atoms with Gasteiger partial charge in [-0.2, -0.15) is 15.0 Å². The number of ether oxygens (including phenoxy) is 1. The molecule has 34 heavy (non-hydrogen) atoms. The van der Waals surface area contributed by atoms with Gasteiger partial charge in [-0.1, -0.05) is 60.7 Å². The van der Waals surface area contributed by atoms with Crippen LogP contribution in [0.2, 0.25) is 0 Å². The Morgan fingerprint density at radius 1 is 0.882 bits per heavy atom. The van der Waals surface area contributed by atoms with Gasteiger partial charge in [-0.25, -0.2) is 4.98 Å². The number of hydrogen-bond donors (Lipinski definition) is 1. The third-order valence-corrected chi connectivity index (χ3v) is 5.86. The zero-order valence-electron chi connectivity index (χ0n) is 18.0. The van der Waals surface area contributed by atoms with Crippen molar-refractivity contribution < 1.29 is 4.74 Å². The molecule has 3 aromatic carbocycles. The normalized spacial score (nSPS) is 15.0. The molecule has 5 aromatic rings. The van der Waals surface area contributed by atoms with Crippen LogP contribution in [0, 0.1) is 11.3 Å². The van der Waals surface area contributed by atoms with Gasteiger partial charge in [-0.05, 0) is 24.3 Å². The van der Waals surface area contributed by atoms with Gasteiger partial charge in [0, 0.05) is 5.56 Å². The molecule has 0 saturated heterocycles. The molecular formula is C27H18N6O. The van der Waals surface area contributed by atoms with Crippen LogP contribution < -0.4 is 10.5 Å². The number of allylic oxidation sites excluding steroid dienone is 1. The molecule has 0 unspecified atom stereocenters. The van der Waals surface area contributed by atoms with Crippen molar-refractivity contribution in [1.29, 1.82) is 5.26 Å². The predicted molar refractivity (Wildman–Crippen MR) is 128 cm³/mol. The molecule has 2 aromatic heterocycles. The molecule has 2 N–H and O–H groups in total. The topological polar surface area (TPSA) is 103 Å². The maximum Gasteiger partial charge on any atom is 0.229 e. The van der Waals surface area contributed by atoms with E-state index in [9.17, 15) is 5.26 Å². The standard InChI is InChI=1S/C27H18N6O/c28-15-19-23(22-16-30-20-13-7-8-14-21(20)31-22)24-25(17-9-3-1-4-10-17)32-33(27(24)34-26(19)29)18-11-5-2-6-12-18/h1-14,16,23H,29H2/t23-/m1/s1. The van der Waals surface area contributed by atoms with Gasteiger partial charge < -0.3 is 10.5 Å². The highest BCUT2D eigenvalue weighted by Crippen LogP contribution is 2.47. The first kappa shape index (κ1) is 19.7. The van der Waals surface area contributed by atoms with Crippen molar-refractivity contribution in [3.63, 3.8) is 0 Å². The van der Waals surface area contributed by atoms with E-state index in [4.69, 9.17) is 20.6 Å². The molecule has 3 heterocycles. The Balaban J connectivity index is 1.66. The number of aromatic nitrogens is 4. The Morgan fingerprint density at radius 3 is 2.29 bits per heavy atom. The third-order valence-electron chi connectivity index (χ3n) is 5.86. The Bertz CT molecular complexity index is 1600. The largest absolute Gasteiger partial charge is 0.422 e. The summed E-state index contributed by atoms with van der Waals surface area (Å²) >= 11 is 0. The zero-order valence-corrected chi connectivity index (χ0v) is 18.0. The van der Waals surface area contributed by atoms with E-state index >= 15 is 0 Å². The fourth-order valence-electron chi connectivity index (χ4n) is 4.30. The molecule has 7 heteroatoms. The monoisotopic (exact) mass is 442 g/mol. The average molecular weight is 442 g/mol. The molecule has 0 saturated carbocycles. The smallest absolute Gasteiger partial charge is 0.229 e. The molecule has 162 valence electrons. The van der Waals surface area contributed by atoms with Crippen molar-refractivity contribution in [1.82, 2.24) is 19.7 Å². The molecule has 1 aliphatic heterocycles. The van der Waals surface area contributed by atoms with E-state index in [2.05, 4.69) is 11.1 Å². The molecule has 0 fully saturated rings. The lowest BCUT2D eigenvalue weighted by Crippen LogP contribution is -2.22. The average Bonchev–Trinajstić information content (AvgIpc) is 3.27. The first-order valence-electron chi connectivity index (χ1n) is 10.8. The Hall–Kier alpha value is -4.96. The fourth-order valence-corrected chi connectivity index (χ4v) is 4.30. The minimum absolute atomic E-state index is 0.0339. The van der Waals surface area contributed by atoms with E-state index in [-0.39, 0.29) is 11.5 Å². The second kappa shape index (κ2) is 7.87. The van der Waals surface area contributed by atoms with Crippen LogP contribution in [0.1, 0.15) is 17.2 Å². The summed E-state index contributed by atoms with van der Waals surface area (Å²) < 4.78 is 7.77. The van der Waals surface area contributed by atoms with Gasteiger partial charge in [0.05, 0.1) is 40.1 Å². The second-order valence-corrected chi connectivity index (χ2v) is 7.89. The number of rotatable bonds is 3. The lowest BCUT2D eigenvalue weighted by atomic mass is 9.86. The maximum absolute atomic E-state index is 10.1. The molecule has 0 bridgehead atoms. The summed E-state index contributed by atoms with van der Waals surface area (Å²) in [6.45, 7) is 0. The number of nitrogens with zero attached hydrogens (tertiary/aromatic N) is 5. The SMILES string of the molecule is N#CC1=C(N)Oc2c(c(-c3ccccc3)nn2-c2ccccc2)[C@H]1c1cnc2ccccc2n1. The summed E-state index contributed by atoms with van der Waals surface area (Å²) in [6.07, 6.45) is 1.70. The van der Waals surface area contributed by atoms with E-state index in [1.165, 1.54) is 0 Å². The van der Waals surface area contributed by atoms with Crippen LogP contribution in [0.3, 0.4) is 0 Å². The van der Waals surface area contributed by atoms with E-state index < -0.39 is 5.92 Å². The van der Waals surface area contributed by atoms with Crippen molar-refractivity contribution in [3.8, 4) is 28.9 Å². The van der Waals surface area contributed by atoms with E-state index in [1.807, 2.05) is 84.9 Å². The molecule has 6 rings (SSSR count). The summed E-state index contributed by atoms with van der Waals surface area (Å²) in [4.78, 5) is 9.44. The van der Waals surface area contributed by atoms with Crippen molar-refractivity contribution in [2.45, 2.75) is 5.92 Å². The Labute approximate surface area is 195 Å². The highest BCUT2D eigenvalue weighted by atomic mass is 16.5. The minimum atomic E-state index is -0.585. The third kappa shape index (κ3) is 3.09. The van der Waals surface area contributed by atoms with Crippen LogP contribution in [-0.4, -0.2) is 19.7 Å². The summed E-state index contributed by atoms with van der Waals surface area (Å²) in [7, 11) is 0. The molecule has 0 aliphatic carbocycles. The first-order chi connectivity index (χ1) is 16.7. The van der Waals surface area contributed by atoms with Crippen LogP contribution >= 0.6 is 0 Å². The summed E-state index contributed by atoms with van der Waals surface area (Å²) in [5.74, 6) is -0.0910. The van der Waals surface area contributed by atoms with Crippen molar-refractivity contribution in [3.05, 3.63) is 114 Å². The number of benzene rings is 3. The Kier molecular flexibility index (Phi) is 4.56. The fraction of sp³-hybridized carbons (Fsp3) is 0.0370. The van der Waals surface area contributed by atoms with Crippen LogP contribution in [0.4, 0.5) is 0 Å². The number of fused-ring (bicyclic) bond motifs is 2. The quantitative estimate of drug-likeness (QED) is 0.434. The molecular weight excluding hydrogens is 424 g/mol. The van der Waals surface area contributed by atoms with Crippen molar-refractivity contribution in [2.24, 2.45) is 5.73 Å². The zero-order chi connectivity index (χ0) is 23.1. The number of hydrogen-bond acceptors (Lipinski definition) is 6. The summed E-state index contributed by atoms with van der Waals surface area (Å²) in [5, 5.41) is 15.0. The van der Waals surface area contributed by atoms with E-state index in [0.717, 1.165) is 27.8 Å². The first-order valence-corrected chi connectivity index (χ1v) is 10.8. The molecule has 1 atom stereocenters. The Morgan fingerprint density at radius 2 is 1.56 bits per heavy atom. The minimum Gasteiger partial charge on any atom is -0.422 e. The summed E-state index contributed by atoms with van der Waals surface area (Å²) in [5.41, 5.74) is 11.8. The van der Waals surface area contributed by atoms with Gasteiger partial charge in [0.2, 0.25) is 11.8 Å². The van der Waals surface area contributed by atoms with Gasteiger partial charge in [0.1, 0.15) is 17.3 Å². The summed E-state index contributed by atoms with van der Waals surface area (Å²) in [6, 6.07) is 29.4. The highest BCUT2D eigenvalue weighted by molar-refractivity contribution is 5.75. The van der Waals surface area contributed by atoms with Crippen LogP contribution in [-0.2, 0) is 0 Å². The highest BCUT2D eigenvalue weighted by Gasteiger charge is 2.38. The van der Waals surface area contributed by atoms with E-state index in [1.54, 1.807) is 10.9 Å². The molecule has 0 spiro atoms. The number of nitrogens with two attached hydrogens (primary N) is 1. The van der Waals surface area contributed by atoms with Gasteiger partial charge >= 0.3 is 0 Å². The van der Waals surface area contributed by atoms with Crippen LogP contribution in [0.25, 0.3) is 28.0 Å². The lowest BCUT2D eigenvalue weighted by Gasteiger charge is -2.24. The maximum atomic E-state index is 10.1. The lowest BCUT2D eigenvalue weighted by molar-refractivity contribution is 0.366.